The van der Waals surface area contributed by atoms with Gasteiger partial charge in [-0.3, -0.25) is 0 Å². The first kappa shape index (κ1) is 14.8. The second-order valence-corrected chi connectivity index (χ2v) is 6.09. The second kappa shape index (κ2) is 5.68. The molecule has 1 aliphatic heterocycles. The van der Waals surface area contributed by atoms with E-state index in [1.54, 1.807) is 16.8 Å². The minimum atomic E-state index is -1.08. The Balaban J connectivity index is 1.87. The molecule has 6 nitrogen and oxygen atoms in total. The average molecular weight is 387 g/mol. The molecule has 0 unspecified atom stereocenters. The van der Waals surface area contributed by atoms with E-state index in [1.807, 2.05) is 36.4 Å². The van der Waals surface area contributed by atoms with Crippen molar-refractivity contribution in [2.75, 3.05) is 6.79 Å². The van der Waals surface area contributed by atoms with Gasteiger partial charge in [0.1, 0.15) is 0 Å². The predicted molar refractivity (Wildman–Crippen MR) is 89.8 cm³/mol. The third-order valence-corrected chi connectivity index (χ3v) is 4.20. The molecule has 2 aromatic carbocycles. The Morgan fingerprint density at radius 1 is 1.08 bits per heavy atom. The molecule has 0 saturated carbocycles. The Morgan fingerprint density at radius 3 is 2.58 bits per heavy atom. The summed E-state index contributed by atoms with van der Waals surface area (Å²) >= 11 is 3.39. The summed E-state index contributed by atoms with van der Waals surface area (Å²) in [6.45, 7) is 0.186. The van der Waals surface area contributed by atoms with E-state index in [1.165, 1.54) is 0 Å². The summed E-state index contributed by atoms with van der Waals surface area (Å²) in [7, 11) is 0. The number of fused-ring (bicyclic) bond motifs is 1. The van der Waals surface area contributed by atoms with Gasteiger partial charge < -0.3 is 14.6 Å². The topological polar surface area (TPSA) is 73.6 Å². The molecule has 0 amide bonds. The van der Waals surface area contributed by atoms with Crippen LogP contribution in [0.3, 0.4) is 0 Å². The fraction of sp³-hybridized carbons (Fsp3) is 0.0588. The first-order valence-corrected chi connectivity index (χ1v) is 7.90. The highest BCUT2D eigenvalue weighted by Gasteiger charge is 2.19. The van der Waals surface area contributed by atoms with E-state index in [4.69, 9.17) is 9.47 Å². The van der Waals surface area contributed by atoms with Gasteiger partial charge in [-0.05, 0) is 48.5 Å². The number of ether oxygens (including phenoxy) is 2. The van der Waals surface area contributed by atoms with Crippen molar-refractivity contribution in [1.29, 1.82) is 0 Å². The number of nitrogens with zero attached hydrogens (tertiary/aromatic N) is 2. The maximum atomic E-state index is 11.3. The number of halogens is 1. The van der Waals surface area contributed by atoms with Crippen LogP contribution < -0.4 is 9.47 Å². The molecule has 24 heavy (non-hydrogen) atoms. The van der Waals surface area contributed by atoms with Crippen molar-refractivity contribution in [3.05, 3.63) is 58.7 Å². The van der Waals surface area contributed by atoms with Crippen molar-refractivity contribution in [3.63, 3.8) is 0 Å². The summed E-state index contributed by atoms with van der Waals surface area (Å²) in [6, 6.07) is 14.5. The average Bonchev–Trinajstić information content (AvgIpc) is 3.21. The van der Waals surface area contributed by atoms with E-state index >= 15 is 0 Å². The van der Waals surface area contributed by atoms with Crippen LogP contribution in [-0.4, -0.2) is 27.6 Å². The Kier molecular flexibility index (Phi) is 3.50. The van der Waals surface area contributed by atoms with Gasteiger partial charge in [-0.1, -0.05) is 15.9 Å². The fourth-order valence-electron chi connectivity index (χ4n) is 2.53. The number of hydrogen-bond acceptors (Lipinski definition) is 4. The summed E-state index contributed by atoms with van der Waals surface area (Å²) in [5, 5.41) is 13.5. The summed E-state index contributed by atoms with van der Waals surface area (Å²) < 4.78 is 13.3. The summed E-state index contributed by atoms with van der Waals surface area (Å²) in [6.07, 6.45) is 0. The van der Waals surface area contributed by atoms with Crippen molar-refractivity contribution in [3.8, 4) is 28.4 Å². The van der Waals surface area contributed by atoms with Crippen molar-refractivity contribution in [1.82, 2.24) is 9.78 Å². The van der Waals surface area contributed by atoms with Gasteiger partial charge in [0, 0.05) is 10.0 Å². The largest absolute Gasteiger partial charge is 0.476 e. The van der Waals surface area contributed by atoms with Crippen LogP contribution in [0.5, 0.6) is 11.5 Å². The van der Waals surface area contributed by atoms with E-state index in [2.05, 4.69) is 21.0 Å². The molecule has 1 aromatic heterocycles. The number of aromatic carboxylic acids is 1. The zero-order chi connectivity index (χ0) is 16.7. The van der Waals surface area contributed by atoms with Gasteiger partial charge in [-0.15, -0.1) is 0 Å². The van der Waals surface area contributed by atoms with E-state index in [9.17, 15) is 9.90 Å². The van der Waals surface area contributed by atoms with E-state index in [0.29, 0.717) is 17.2 Å². The highest BCUT2D eigenvalue weighted by Crippen LogP contribution is 2.36. The minimum Gasteiger partial charge on any atom is -0.476 e. The molecule has 3 aromatic rings. The number of carboxylic acids is 1. The maximum absolute atomic E-state index is 11.3. The monoisotopic (exact) mass is 386 g/mol. The smallest absolute Gasteiger partial charge is 0.356 e. The second-order valence-electron chi connectivity index (χ2n) is 5.18. The number of aromatic nitrogens is 2. The highest BCUT2D eigenvalue weighted by atomic mass is 79.9. The highest BCUT2D eigenvalue weighted by molar-refractivity contribution is 9.10. The molecule has 0 saturated heterocycles. The van der Waals surface area contributed by atoms with Gasteiger partial charge in [0.05, 0.1) is 11.4 Å². The number of carboxylic acid groups (broad SMARTS) is 1. The van der Waals surface area contributed by atoms with Gasteiger partial charge in [0.2, 0.25) is 6.79 Å². The molecule has 0 radical (unpaired) electrons. The lowest BCUT2D eigenvalue weighted by atomic mass is 10.1. The van der Waals surface area contributed by atoms with Crippen molar-refractivity contribution < 1.29 is 19.4 Å². The SMILES string of the molecule is O=C(O)c1cc(-c2ccc3c(c2)OCO3)n(-c2ccc(Br)cc2)n1. The first-order chi connectivity index (χ1) is 11.6. The number of carbonyl (C=O) groups is 1. The van der Waals surface area contributed by atoms with Crippen LogP contribution in [0.4, 0.5) is 0 Å². The van der Waals surface area contributed by atoms with Crippen LogP contribution in [0.25, 0.3) is 16.9 Å². The first-order valence-electron chi connectivity index (χ1n) is 7.11. The van der Waals surface area contributed by atoms with Crippen molar-refractivity contribution in [2.24, 2.45) is 0 Å². The Bertz CT molecular complexity index is 934. The number of rotatable bonds is 3. The van der Waals surface area contributed by atoms with Crippen LogP contribution >= 0.6 is 15.9 Å². The van der Waals surface area contributed by atoms with Crippen LogP contribution in [0.1, 0.15) is 10.5 Å². The van der Waals surface area contributed by atoms with E-state index in [0.717, 1.165) is 15.7 Å². The van der Waals surface area contributed by atoms with Crippen LogP contribution in [0, 0.1) is 0 Å². The molecule has 120 valence electrons. The van der Waals surface area contributed by atoms with Crippen LogP contribution in [0.2, 0.25) is 0 Å². The molecule has 0 fully saturated rings. The Morgan fingerprint density at radius 2 is 1.83 bits per heavy atom. The standard InChI is InChI=1S/C17H11BrN2O4/c18-11-2-4-12(5-3-11)20-14(8-13(19-20)17(21)22)10-1-6-15-16(7-10)24-9-23-15/h1-8H,9H2,(H,21,22). The maximum Gasteiger partial charge on any atom is 0.356 e. The predicted octanol–water partition coefficient (Wildman–Crippen LogP) is 3.73. The number of benzene rings is 2. The lowest BCUT2D eigenvalue weighted by molar-refractivity contribution is 0.0690. The fourth-order valence-corrected chi connectivity index (χ4v) is 2.79. The summed E-state index contributed by atoms with van der Waals surface area (Å²) in [5.74, 6) is 0.229. The van der Waals surface area contributed by atoms with Gasteiger partial charge in [0.25, 0.3) is 0 Å². The quantitative estimate of drug-likeness (QED) is 0.742. The molecule has 4 rings (SSSR count). The Labute approximate surface area is 145 Å². The van der Waals surface area contributed by atoms with Gasteiger partial charge in [-0.2, -0.15) is 5.10 Å². The molecule has 0 aliphatic carbocycles. The molecule has 1 aliphatic rings. The van der Waals surface area contributed by atoms with E-state index < -0.39 is 5.97 Å². The zero-order valence-corrected chi connectivity index (χ0v) is 13.9. The lowest BCUT2D eigenvalue weighted by Crippen LogP contribution is -2.02. The normalized spacial score (nSPS) is 12.4. The summed E-state index contributed by atoms with van der Waals surface area (Å²) in [5.41, 5.74) is 2.19. The minimum absolute atomic E-state index is 0.0226. The molecule has 7 heteroatoms. The molecule has 2 heterocycles. The number of hydrogen-bond donors (Lipinski definition) is 1. The van der Waals surface area contributed by atoms with Gasteiger partial charge in [-0.25, -0.2) is 9.48 Å². The molecule has 0 spiro atoms. The molecular formula is C17H11BrN2O4. The van der Waals surface area contributed by atoms with Crippen molar-refractivity contribution >= 4 is 21.9 Å². The van der Waals surface area contributed by atoms with Gasteiger partial charge in [0.15, 0.2) is 17.2 Å². The molecule has 0 bridgehead atoms. The van der Waals surface area contributed by atoms with Gasteiger partial charge >= 0.3 is 5.97 Å². The van der Waals surface area contributed by atoms with Crippen LogP contribution in [0.15, 0.2) is 53.0 Å². The molecule has 0 atom stereocenters. The molecular weight excluding hydrogens is 376 g/mol. The lowest BCUT2D eigenvalue weighted by Gasteiger charge is -2.08. The summed E-state index contributed by atoms with van der Waals surface area (Å²) in [4.78, 5) is 11.3. The zero-order valence-electron chi connectivity index (χ0n) is 12.3. The van der Waals surface area contributed by atoms with E-state index in [-0.39, 0.29) is 12.5 Å². The van der Waals surface area contributed by atoms with Crippen LogP contribution in [-0.2, 0) is 0 Å². The third-order valence-electron chi connectivity index (χ3n) is 3.67. The third kappa shape index (κ3) is 2.52. The molecule has 1 N–H and O–H groups in total. The van der Waals surface area contributed by atoms with Crippen molar-refractivity contribution in [2.45, 2.75) is 0 Å². The Hall–Kier alpha value is -2.80.